The van der Waals surface area contributed by atoms with Crippen molar-refractivity contribution in [3.05, 3.63) is 0 Å². The number of hydrogen-bond donors (Lipinski definition) is 1. The molecule has 1 aliphatic carbocycles. The first-order valence-corrected chi connectivity index (χ1v) is 8.85. The smallest absolute Gasteiger partial charge is 0.327 e. The molecular weight excluding hydrogens is 274 g/mol. The van der Waals surface area contributed by atoms with Crippen molar-refractivity contribution in [3.63, 3.8) is 0 Å². The number of hydrogen-bond acceptors (Lipinski definition) is 3. The zero-order chi connectivity index (χ0) is 14.5. The van der Waals surface area contributed by atoms with Gasteiger partial charge in [0.2, 0.25) is 5.91 Å². The van der Waals surface area contributed by atoms with Gasteiger partial charge in [-0.2, -0.15) is 0 Å². The van der Waals surface area contributed by atoms with Gasteiger partial charge in [-0.05, 0) is 25.2 Å². The highest BCUT2D eigenvalue weighted by Crippen LogP contribution is 2.40. The predicted octanol–water partition coefficient (Wildman–Crippen LogP) is 3.11. The van der Waals surface area contributed by atoms with Crippen LogP contribution in [-0.2, 0) is 9.59 Å². The number of thioether (sulfide) groups is 1. The molecular formula is C15H25NO3S. The molecule has 1 amide bonds. The normalized spacial score (nSPS) is 27.8. The lowest BCUT2D eigenvalue weighted by Gasteiger charge is -2.35. The average Bonchev–Trinajstić information content (AvgIpc) is 2.90. The number of aliphatic carboxylic acids is 1. The molecule has 4 nitrogen and oxygen atoms in total. The van der Waals surface area contributed by atoms with Crippen LogP contribution in [0.15, 0.2) is 0 Å². The number of carbonyl (C=O) groups excluding carboxylic acids is 1. The van der Waals surface area contributed by atoms with Crippen molar-refractivity contribution in [1.29, 1.82) is 0 Å². The molecule has 114 valence electrons. The summed E-state index contributed by atoms with van der Waals surface area (Å²) >= 11 is 1.68. The van der Waals surface area contributed by atoms with E-state index in [1.165, 1.54) is 19.3 Å². The summed E-state index contributed by atoms with van der Waals surface area (Å²) in [6, 6.07) is -0.615. The fourth-order valence-electron chi connectivity index (χ4n) is 3.27. The third kappa shape index (κ3) is 3.48. The summed E-state index contributed by atoms with van der Waals surface area (Å²) in [7, 11) is 0. The van der Waals surface area contributed by atoms with Crippen molar-refractivity contribution in [1.82, 2.24) is 4.90 Å². The van der Waals surface area contributed by atoms with Gasteiger partial charge >= 0.3 is 5.97 Å². The average molecular weight is 299 g/mol. The number of carbonyl (C=O) groups is 2. The standard InChI is InChI=1S/C15H25NO3S/c1-2-3-9-13(17)16-12(15(18)19)10-20-14(16)11-7-5-4-6-8-11/h11-12,14H,2-10H2,1H3,(H,18,19)/t12-,14-/m1/s1. The Labute approximate surface area is 125 Å². The van der Waals surface area contributed by atoms with Gasteiger partial charge in [-0.25, -0.2) is 4.79 Å². The highest BCUT2D eigenvalue weighted by atomic mass is 32.2. The maximum atomic E-state index is 12.4. The van der Waals surface area contributed by atoms with Crippen molar-refractivity contribution in [2.75, 3.05) is 5.75 Å². The van der Waals surface area contributed by atoms with E-state index in [2.05, 4.69) is 6.92 Å². The fourth-order valence-corrected chi connectivity index (χ4v) is 4.93. The quantitative estimate of drug-likeness (QED) is 0.847. The van der Waals surface area contributed by atoms with Gasteiger partial charge in [0.25, 0.3) is 0 Å². The van der Waals surface area contributed by atoms with E-state index in [1.54, 1.807) is 16.7 Å². The Morgan fingerprint density at radius 3 is 2.55 bits per heavy atom. The van der Waals surface area contributed by atoms with Crippen LogP contribution in [0.25, 0.3) is 0 Å². The Kier molecular flexibility index (Phi) is 5.75. The van der Waals surface area contributed by atoms with Crippen LogP contribution in [0.5, 0.6) is 0 Å². The number of carboxylic acids is 1. The minimum atomic E-state index is -0.847. The van der Waals surface area contributed by atoms with Crippen LogP contribution in [0.3, 0.4) is 0 Å². The van der Waals surface area contributed by atoms with Crippen LogP contribution >= 0.6 is 11.8 Å². The van der Waals surface area contributed by atoms with E-state index < -0.39 is 12.0 Å². The Bertz CT molecular complexity index is 355. The molecule has 2 rings (SSSR count). The Morgan fingerprint density at radius 2 is 1.95 bits per heavy atom. The van der Waals surface area contributed by atoms with Gasteiger partial charge in [-0.15, -0.1) is 11.8 Å². The Morgan fingerprint density at radius 1 is 1.25 bits per heavy atom. The summed E-state index contributed by atoms with van der Waals surface area (Å²) in [4.78, 5) is 25.5. The Balaban J connectivity index is 2.08. The van der Waals surface area contributed by atoms with E-state index in [0.717, 1.165) is 25.7 Å². The second kappa shape index (κ2) is 7.34. The van der Waals surface area contributed by atoms with Crippen molar-refractivity contribution >= 4 is 23.6 Å². The van der Waals surface area contributed by atoms with E-state index in [1.807, 2.05) is 0 Å². The Hall–Kier alpha value is -0.710. The molecule has 2 aliphatic rings. The summed E-state index contributed by atoms with van der Waals surface area (Å²) in [5.74, 6) is 0.234. The second-order valence-corrected chi connectivity index (χ2v) is 7.03. The zero-order valence-electron chi connectivity index (χ0n) is 12.2. The van der Waals surface area contributed by atoms with Gasteiger partial charge in [0.05, 0.1) is 5.37 Å². The molecule has 1 N–H and O–H groups in total. The topological polar surface area (TPSA) is 57.6 Å². The first kappa shape index (κ1) is 15.7. The van der Waals surface area contributed by atoms with E-state index >= 15 is 0 Å². The largest absolute Gasteiger partial charge is 0.480 e. The monoisotopic (exact) mass is 299 g/mol. The van der Waals surface area contributed by atoms with Crippen molar-refractivity contribution in [2.24, 2.45) is 5.92 Å². The summed E-state index contributed by atoms with van der Waals surface area (Å²) in [6.07, 6.45) is 8.31. The lowest BCUT2D eigenvalue weighted by molar-refractivity contribution is -0.149. The maximum absolute atomic E-state index is 12.4. The minimum Gasteiger partial charge on any atom is -0.480 e. The fraction of sp³-hybridized carbons (Fsp3) is 0.867. The summed E-state index contributed by atoms with van der Waals surface area (Å²) in [5, 5.41) is 9.46. The molecule has 2 fully saturated rings. The molecule has 0 unspecified atom stereocenters. The predicted molar refractivity (Wildman–Crippen MR) is 80.6 cm³/mol. The first-order valence-electron chi connectivity index (χ1n) is 7.80. The lowest BCUT2D eigenvalue weighted by atomic mass is 9.88. The number of unbranched alkanes of at least 4 members (excludes halogenated alkanes) is 1. The first-order chi connectivity index (χ1) is 9.65. The molecule has 20 heavy (non-hydrogen) atoms. The van der Waals surface area contributed by atoms with Gasteiger partial charge in [-0.1, -0.05) is 32.6 Å². The molecule has 0 bridgehead atoms. The molecule has 0 radical (unpaired) electrons. The number of amides is 1. The number of carboxylic acid groups (broad SMARTS) is 1. The molecule has 1 heterocycles. The second-order valence-electron chi connectivity index (χ2n) is 5.88. The third-order valence-electron chi connectivity index (χ3n) is 4.41. The molecule has 2 atom stereocenters. The molecule has 0 aromatic heterocycles. The highest BCUT2D eigenvalue weighted by Gasteiger charge is 2.44. The highest BCUT2D eigenvalue weighted by molar-refractivity contribution is 8.00. The molecule has 0 aromatic rings. The van der Waals surface area contributed by atoms with Crippen LogP contribution in [-0.4, -0.2) is 39.1 Å². The van der Waals surface area contributed by atoms with Gasteiger partial charge in [0.1, 0.15) is 6.04 Å². The molecule has 0 aromatic carbocycles. The van der Waals surface area contributed by atoms with Crippen molar-refractivity contribution < 1.29 is 14.7 Å². The minimum absolute atomic E-state index is 0.0415. The van der Waals surface area contributed by atoms with Crippen LogP contribution in [0, 0.1) is 5.92 Å². The zero-order valence-corrected chi connectivity index (χ0v) is 13.0. The lowest BCUT2D eigenvalue weighted by Crippen LogP contribution is -2.48. The summed E-state index contributed by atoms with van der Waals surface area (Å²) in [6.45, 7) is 2.05. The molecule has 0 spiro atoms. The van der Waals surface area contributed by atoms with E-state index in [4.69, 9.17) is 0 Å². The molecule has 5 heteroatoms. The molecule has 1 aliphatic heterocycles. The number of rotatable bonds is 5. The van der Waals surface area contributed by atoms with Crippen LogP contribution < -0.4 is 0 Å². The molecule has 1 saturated carbocycles. The third-order valence-corrected chi connectivity index (χ3v) is 5.87. The van der Waals surface area contributed by atoms with Crippen LogP contribution in [0.1, 0.15) is 58.3 Å². The van der Waals surface area contributed by atoms with E-state index in [-0.39, 0.29) is 11.3 Å². The van der Waals surface area contributed by atoms with Crippen molar-refractivity contribution in [2.45, 2.75) is 69.7 Å². The van der Waals surface area contributed by atoms with Crippen molar-refractivity contribution in [3.8, 4) is 0 Å². The summed E-state index contributed by atoms with van der Waals surface area (Å²) in [5.41, 5.74) is 0. The van der Waals surface area contributed by atoms with Gasteiger partial charge in [0.15, 0.2) is 0 Å². The molecule has 1 saturated heterocycles. The van der Waals surface area contributed by atoms with Gasteiger partial charge in [-0.3, -0.25) is 4.79 Å². The van der Waals surface area contributed by atoms with Crippen LogP contribution in [0.4, 0.5) is 0 Å². The van der Waals surface area contributed by atoms with Crippen LogP contribution in [0.2, 0.25) is 0 Å². The van der Waals surface area contributed by atoms with Gasteiger partial charge in [0, 0.05) is 12.2 Å². The summed E-state index contributed by atoms with van der Waals surface area (Å²) < 4.78 is 0. The number of nitrogens with zero attached hydrogens (tertiary/aromatic N) is 1. The van der Waals surface area contributed by atoms with E-state index in [9.17, 15) is 14.7 Å². The maximum Gasteiger partial charge on any atom is 0.327 e. The van der Waals surface area contributed by atoms with Gasteiger partial charge < -0.3 is 10.0 Å². The van der Waals surface area contributed by atoms with E-state index in [0.29, 0.717) is 18.1 Å². The SMILES string of the molecule is CCCCC(=O)N1[C@@H](C(=O)O)CS[C@@H]1C1CCCCC1.